The molecule has 0 bridgehead atoms. The average Bonchev–Trinajstić information content (AvgIpc) is 3.31. The van der Waals surface area contributed by atoms with Crippen LogP contribution in [0.25, 0.3) is 0 Å². The van der Waals surface area contributed by atoms with Crippen LogP contribution in [0.1, 0.15) is 17.5 Å². The van der Waals surface area contributed by atoms with E-state index in [1.165, 1.54) is 4.31 Å². The van der Waals surface area contributed by atoms with Crippen LogP contribution in [-0.2, 0) is 14.8 Å². The number of ether oxygens (including phenoxy) is 1. The van der Waals surface area contributed by atoms with Gasteiger partial charge in [-0.3, -0.25) is 4.31 Å². The molecular weight excluding hydrogens is 324 g/mol. The molecule has 24 heavy (non-hydrogen) atoms. The number of methoxy groups -OCH3 is 1. The maximum Gasteiger partial charge on any atom is 0.245 e. The molecule has 1 saturated carbocycles. The number of hydrogen-bond acceptors (Lipinski definition) is 4. The molecule has 6 heteroatoms. The second-order valence-corrected chi connectivity index (χ2v) is 8.33. The van der Waals surface area contributed by atoms with Crippen LogP contribution in [0.2, 0.25) is 0 Å². The molecule has 2 unspecified atom stereocenters. The number of sulfonamides is 1. The number of rotatable bonds is 3. The lowest BCUT2D eigenvalue weighted by Gasteiger charge is -2.23. The van der Waals surface area contributed by atoms with Crippen molar-refractivity contribution in [2.24, 2.45) is 5.92 Å². The molecule has 0 radical (unpaired) electrons. The molecule has 0 N–H and O–H groups in total. The maximum atomic E-state index is 13.2. The van der Waals surface area contributed by atoms with Gasteiger partial charge in [0, 0.05) is 12.5 Å². The van der Waals surface area contributed by atoms with E-state index in [9.17, 15) is 8.42 Å². The Labute approximate surface area is 141 Å². The summed E-state index contributed by atoms with van der Waals surface area (Å²) in [5.41, 5.74) is 1.98. The minimum atomic E-state index is -3.49. The molecule has 1 heterocycles. The summed E-state index contributed by atoms with van der Waals surface area (Å²) in [5.74, 6) is 0.792. The van der Waals surface area contributed by atoms with E-state index < -0.39 is 14.8 Å². The highest BCUT2D eigenvalue weighted by Crippen LogP contribution is 2.64. The Kier molecular flexibility index (Phi) is 3.12. The lowest BCUT2D eigenvalue weighted by Crippen LogP contribution is -2.33. The number of nitrogens with zero attached hydrogens (tertiary/aromatic N) is 2. The number of hydrogen-bond donors (Lipinski definition) is 0. The van der Waals surface area contributed by atoms with Crippen LogP contribution in [-0.4, -0.2) is 22.1 Å². The highest BCUT2D eigenvalue weighted by atomic mass is 32.2. The van der Waals surface area contributed by atoms with Gasteiger partial charge in [0.15, 0.2) is 0 Å². The fourth-order valence-corrected chi connectivity index (χ4v) is 6.16. The summed E-state index contributed by atoms with van der Waals surface area (Å²) in [6, 6.07) is 16.1. The van der Waals surface area contributed by atoms with Crippen molar-refractivity contribution in [3.8, 4) is 11.8 Å². The molecule has 5 nitrogen and oxygen atoms in total. The normalized spacial score (nSPS) is 26.5. The molecule has 0 amide bonds. The molecule has 1 saturated heterocycles. The van der Waals surface area contributed by atoms with E-state index in [1.807, 2.05) is 0 Å². The Balaban J connectivity index is 1.72. The highest BCUT2D eigenvalue weighted by molar-refractivity contribution is 7.94. The van der Waals surface area contributed by atoms with Crippen molar-refractivity contribution in [1.82, 2.24) is 0 Å². The Hall–Kier alpha value is -2.52. The summed E-state index contributed by atoms with van der Waals surface area (Å²) in [6.45, 7) is 0.495. The van der Waals surface area contributed by atoms with Crippen molar-refractivity contribution < 1.29 is 13.2 Å². The van der Waals surface area contributed by atoms with Gasteiger partial charge in [-0.2, -0.15) is 5.26 Å². The monoisotopic (exact) mass is 340 g/mol. The summed E-state index contributed by atoms with van der Waals surface area (Å²) in [7, 11) is -1.91. The summed E-state index contributed by atoms with van der Waals surface area (Å²) < 4.78 is 32.2. The molecule has 2 atom stereocenters. The smallest absolute Gasteiger partial charge is 0.245 e. The number of fused-ring (bicyclic) bond motifs is 1. The highest BCUT2D eigenvalue weighted by Gasteiger charge is 2.71. The van der Waals surface area contributed by atoms with Crippen molar-refractivity contribution in [3.05, 3.63) is 59.7 Å². The molecule has 122 valence electrons. The third-order valence-corrected chi connectivity index (χ3v) is 7.65. The first-order valence-corrected chi connectivity index (χ1v) is 9.14. The first-order valence-electron chi connectivity index (χ1n) is 7.70. The zero-order chi connectivity index (χ0) is 16.9. The van der Waals surface area contributed by atoms with Crippen LogP contribution < -0.4 is 9.04 Å². The van der Waals surface area contributed by atoms with E-state index in [2.05, 4.69) is 6.07 Å². The van der Waals surface area contributed by atoms with Crippen LogP contribution in [0, 0.1) is 17.2 Å². The molecule has 2 fully saturated rings. The van der Waals surface area contributed by atoms with Gasteiger partial charge in [0.2, 0.25) is 10.0 Å². The van der Waals surface area contributed by atoms with Crippen LogP contribution in [0.15, 0.2) is 48.5 Å². The number of nitriles is 1. The molecule has 1 aliphatic heterocycles. The Morgan fingerprint density at radius 3 is 2.42 bits per heavy atom. The predicted octanol–water partition coefficient (Wildman–Crippen LogP) is 2.63. The topological polar surface area (TPSA) is 70.4 Å². The van der Waals surface area contributed by atoms with Gasteiger partial charge in [-0.25, -0.2) is 8.42 Å². The predicted molar refractivity (Wildman–Crippen MR) is 90.2 cm³/mol. The molecule has 2 aromatic rings. The summed E-state index contributed by atoms with van der Waals surface area (Å²) in [4.78, 5) is 0. The molecular formula is C18H16N2O3S. The second kappa shape index (κ2) is 4.99. The summed E-state index contributed by atoms with van der Waals surface area (Å²) in [5, 5.41) is 8.92. The molecule has 2 aliphatic rings. The maximum absolute atomic E-state index is 13.2. The van der Waals surface area contributed by atoms with E-state index in [-0.39, 0.29) is 5.92 Å². The van der Waals surface area contributed by atoms with Crippen molar-refractivity contribution in [1.29, 1.82) is 5.26 Å². The zero-order valence-corrected chi connectivity index (χ0v) is 14.0. The van der Waals surface area contributed by atoms with Gasteiger partial charge in [-0.15, -0.1) is 0 Å². The van der Waals surface area contributed by atoms with Crippen LogP contribution in [0.3, 0.4) is 0 Å². The lowest BCUT2D eigenvalue weighted by atomic mass is 10.1. The van der Waals surface area contributed by atoms with E-state index in [4.69, 9.17) is 10.00 Å². The van der Waals surface area contributed by atoms with Gasteiger partial charge in [0.05, 0.1) is 24.4 Å². The molecule has 0 spiro atoms. The fourth-order valence-electron chi connectivity index (χ4n) is 3.65. The Bertz CT molecular complexity index is 930. The van der Waals surface area contributed by atoms with Crippen LogP contribution in [0.4, 0.5) is 5.69 Å². The van der Waals surface area contributed by atoms with Crippen LogP contribution in [0.5, 0.6) is 5.75 Å². The number of anilines is 1. The first-order chi connectivity index (χ1) is 11.5. The molecule has 2 aromatic carbocycles. The van der Waals surface area contributed by atoms with Gasteiger partial charge >= 0.3 is 0 Å². The molecule has 4 rings (SSSR count). The summed E-state index contributed by atoms with van der Waals surface area (Å²) in [6.07, 6.45) is 0.647. The SMILES string of the molecule is COc1ccc(N2CC3CC3(c3ccc(C#N)cc3)S2(=O)=O)cc1. The van der Waals surface area contributed by atoms with E-state index in [0.29, 0.717) is 30.0 Å². The zero-order valence-electron chi connectivity index (χ0n) is 13.1. The van der Waals surface area contributed by atoms with Gasteiger partial charge in [0.25, 0.3) is 0 Å². The third-order valence-electron chi connectivity index (χ3n) is 5.05. The minimum Gasteiger partial charge on any atom is -0.497 e. The van der Waals surface area contributed by atoms with Gasteiger partial charge in [0.1, 0.15) is 10.5 Å². The minimum absolute atomic E-state index is 0.0949. The van der Waals surface area contributed by atoms with Crippen molar-refractivity contribution in [3.63, 3.8) is 0 Å². The quantitative estimate of drug-likeness (QED) is 0.861. The second-order valence-electron chi connectivity index (χ2n) is 6.21. The van der Waals surface area contributed by atoms with Crippen molar-refractivity contribution in [2.45, 2.75) is 11.2 Å². The van der Waals surface area contributed by atoms with E-state index in [1.54, 1.807) is 55.6 Å². The van der Waals surface area contributed by atoms with E-state index in [0.717, 1.165) is 5.56 Å². The van der Waals surface area contributed by atoms with Crippen molar-refractivity contribution in [2.75, 3.05) is 18.0 Å². The lowest BCUT2D eigenvalue weighted by molar-refractivity contribution is 0.415. The Morgan fingerprint density at radius 2 is 1.83 bits per heavy atom. The standard InChI is InChI=1S/C18H16N2O3S/c1-23-17-8-6-16(7-9-17)20-12-15-10-18(15,24(20,21)22)14-4-2-13(11-19)3-5-14/h2-9,15H,10,12H2,1H3. The first kappa shape index (κ1) is 15.0. The van der Waals surface area contributed by atoms with Crippen molar-refractivity contribution >= 4 is 15.7 Å². The van der Waals surface area contributed by atoms with E-state index >= 15 is 0 Å². The summed E-state index contributed by atoms with van der Waals surface area (Å²) >= 11 is 0. The van der Waals surface area contributed by atoms with Gasteiger partial charge < -0.3 is 4.74 Å². The van der Waals surface area contributed by atoms with Gasteiger partial charge in [-0.05, 0) is 48.4 Å². The number of benzene rings is 2. The fraction of sp³-hybridized carbons (Fsp3) is 0.278. The molecule has 0 aromatic heterocycles. The average molecular weight is 340 g/mol. The largest absolute Gasteiger partial charge is 0.497 e. The third kappa shape index (κ3) is 1.88. The Morgan fingerprint density at radius 1 is 1.17 bits per heavy atom. The molecule has 1 aliphatic carbocycles. The van der Waals surface area contributed by atoms with Crippen LogP contribution >= 0.6 is 0 Å². The van der Waals surface area contributed by atoms with Gasteiger partial charge in [-0.1, -0.05) is 12.1 Å².